The molecule has 4 atom stereocenters. The Bertz CT molecular complexity index is 769. The zero-order valence-electron chi connectivity index (χ0n) is 14.9. The van der Waals surface area contributed by atoms with Gasteiger partial charge in [0.25, 0.3) is 0 Å². The highest BCUT2D eigenvalue weighted by Crippen LogP contribution is 2.43. The Hall–Kier alpha value is -2.55. The number of carbonyl (C=O) groups is 1. The number of nitrogens with two attached hydrogens (primary N) is 1. The van der Waals surface area contributed by atoms with Crippen LogP contribution >= 0.6 is 0 Å². The molecule has 2 fully saturated rings. The molecular weight excluding hydrogens is 351 g/mol. The summed E-state index contributed by atoms with van der Waals surface area (Å²) in [4.78, 5) is 15.1. The number of primary amides is 1. The van der Waals surface area contributed by atoms with Crippen LogP contribution in [0.4, 0.5) is 9.18 Å². The predicted octanol–water partition coefficient (Wildman–Crippen LogP) is 1.86. The van der Waals surface area contributed by atoms with Crippen LogP contribution in [0.5, 0.6) is 0 Å². The van der Waals surface area contributed by atoms with Crippen molar-refractivity contribution in [3.63, 3.8) is 0 Å². The molecule has 9 heteroatoms. The lowest BCUT2D eigenvalue weighted by atomic mass is 9.97. The summed E-state index contributed by atoms with van der Waals surface area (Å²) in [6, 6.07) is 6.96. The highest BCUT2D eigenvalue weighted by molar-refractivity contribution is 5.64. The molecule has 2 heterocycles. The van der Waals surface area contributed by atoms with Gasteiger partial charge >= 0.3 is 6.09 Å². The molecule has 3 unspecified atom stereocenters. The maximum atomic E-state index is 13.3. The van der Waals surface area contributed by atoms with Crippen molar-refractivity contribution in [2.45, 2.75) is 49.8 Å². The van der Waals surface area contributed by atoms with E-state index >= 15 is 0 Å². The Morgan fingerprint density at radius 2 is 2.00 bits per heavy atom. The fourth-order valence-corrected chi connectivity index (χ4v) is 4.50. The van der Waals surface area contributed by atoms with E-state index in [-0.39, 0.29) is 29.9 Å². The number of hydrogen-bond donors (Lipinski definition) is 1. The van der Waals surface area contributed by atoms with Gasteiger partial charge in [0, 0.05) is 12.6 Å². The Balaban J connectivity index is 1.55. The Morgan fingerprint density at radius 1 is 1.22 bits per heavy atom. The van der Waals surface area contributed by atoms with E-state index in [1.165, 1.54) is 18.5 Å². The molecule has 0 bridgehead atoms. The largest absolute Gasteiger partial charge is 0.445 e. The number of benzene rings is 1. The number of nitrogens with zero attached hydrogens (tertiary/aromatic N) is 5. The summed E-state index contributed by atoms with van der Waals surface area (Å²) in [5.41, 5.74) is 6.31. The third-order valence-corrected chi connectivity index (χ3v) is 5.66. The summed E-state index contributed by atoms with van der Waals surface area (Å²) in [5, 5.41) is 12.2. The molecule has 1 amide bonds. The predicted molar refractivity (Wildman–Crippen MR) is 94.3 cm³/mol. The second kappa shape index (κ2) is 7.59. The SMILES string of the molecule is NC(=O)O[C@@H]1CCCN(C2CC(c3ccc(F)cc3)CC2n2ncnn2)C1. The van der Waals surface area contributed by atoms with Crippen molar-refractivity contribution in [2.24, 2.45) is 5.73 Å². The van der Waals surface area contributed by atoms with E-state index in [0.717, 1.165) is 37.8 Å². The van der Waals surface area contributed by atoms with E-state index in [1.807, 2.05) is 12.1 Å². The van der Waals surface area contributed by atoms with Crippen LogP contribution in [0.15, 0.2) is 30.6 Å². The van der Waals surface area contributed by atoms with Gasteiger partial charge < -0.3 is 10.5 Å². The van der Waals surface area contributed by atoms with E-state index in [0.29, 0.717) is 6.54 Å². The van der Waals surface area contributed by atoms with Crippen LogP contribution in [-0.2, 0) is 4.74 Å². The third-order valence-electron chi connectivity index (χ3n) is 5.66. The molecule has 2 aliphatic rings. The number of amides is 1. The number of likely N-dealkylation sites (tertiary alicyclic amines) is 1. The molecule has 144 valence electrons. The standard InChI is InChI=1S/C18H23FN6O2/c19-14-5-3-12(4-6-14)13-8-16(17(9-13)25-22-11-21-23-25)24-7-1-2-15(10-24)27-18(20)26/h3-6,11,13,15-17H,1-2,7-10H2,(H2,20,26)/t13?,15-,16?,17?/m1/s1. The molecule has 1 aromatic carbocycles. The van der Waals surface area contributed by atoms with Crippen molar-refractivity contribution in [1.82, 2.24) is 25.1 Å². The molecule has 8 nitrogen and oxygen atoms in total. The van der Waals surface area contributed by atoms with Gasteiger partial charge in [0.2, 0.25) is 0 Å². The second-order valence-electron chi connectivity index (χ2n) is 7.31. The maximum Gasteiger partial charge on any atom is 0.404 e. The van der Waals surface area contributed by atoms with E-state index in [1.54, 1.807) is 4.80 Å². The van der Waals surface area contributed by atoms with Crippen LogP contribution in [0.25, 0.3) is 0 Å². The average molecular weight is 374 g/mol. The van der Waals surface area contributed by atoms with Crippen molar-refractivity contribution in [3.8, 4) is 0 Å². The zero-order valence-corrected chi connectivity index (χ0v) is 14.9. The summed E-state index contributed by atoms with van der Waals surface area (Å²) in [6.07, 6.45) is 4.04. The van der Waals surface area contributed by atoms with Gasteiger partial charge in [0.15, 0.2) is 6.33 Å². The van der Waals surface area contributed by atoms with Crippen LogP contribution in [-0.4, -0.2) is 56.4 Å². The molecule has 2 aromatic rings. The lowest BCUT2D eigenvalue weighted by molar-refractivity contribution is 0.0211. The molecule has 2 N–H and O–H groups in total. The van der Waals surface area contributed by atoms with Crippen LogP contribution in [0, 0.1) is 5.82 Å². The highest BCUT2D eigenvalue weighted by Gasteiger charge is 2.42. The number of halogens is 1. The Morgan fingerprint density at radius 3 is 2.70 bits per heavy atom. The van der Waals surface area contributed by atoms with Gasteiger partial charge in [0.1, 0.15) is 11.9 Å². The molecule has 1 aromatic heterocycles. The van der Waals surface area contributed by atoms with Crippen LogP contribution < -0.4 is 5.73 Å². The van der Waals surface area contributed by atoms with Crippen molar-refractivity contribution in [3.05, 3.63) is 42.0 Å². The quantitative estimate of drug-likeness (QED) is 0.877. The van der Waals surface area contributed by atoms with Gasteiger partial charge in [-0.1, -0.05) is 12.1 Å². The molecule has 0 spiro atoms. The van der Waals surface area contributed by atoms with Gasteiger partial charge in [-0.2, -0.15) is 4.80 Å². The first-order valence-corrected chi connectivity index (χ1v) is 9.28. The lowest BCUT2D eigenvalue weighted by Gasteiger charge is -2.38. The summed E-state index contributed by atoms with van der Waals surface area (Å²) < 4.78 is 18.5. The van der Waals surface area contributed by atoms with E-state index in [2.05, 4.69) is 20.3 Å². The normalized spacial score (nSPS) is 28.9. The van der Waals surface area contributed by atoms with Gasteiger partial charge in [-0.3, -0.25) is 4.90 Å². The van der Waals surface area contributed by atoms with Crippen LogP contribution in [0.1, 0.15) is 43.2 Å². The average Bonchev–Trinajstić information content (AvgIpc) is 3.32. The zero-order chi connectivity index (χ0) is 18.8. The molecule has 1 aliphatic carbocycles. The fourth-order valence-electron chi connectivity index (χ4n) is 4.50. The number of hydrogen-bond acceptors (Lipinski definition) is 6. The number of carbonyl (C=O) groups excluding carboxylic acids is 1. The first-order chi connectivity index (χ1) is 13.1. The summed E-state index contributed by atoms with van der Waals surface area (Å²) in [6.45, 7) is 1.57. The third kappa shape index (κ3) is 3.92. The van der Waals surface area contributed by atoms with Gasteiger partial charge in [-0.05, 0) is 61.1 Å². The number of tetrazole rings is 1. The number of piperidine rings is 1. The topological polar surface area (TPSA) is 99.2 Å². The molecule has 1 saturated heterocycles. The van der Waals surface area contributed by atoms with Crippen molar-refractivity contribution < 1.29 is 13.9 Å². The smallest absolute Gasteiger partial charge is 0.404 e. The van der Waals surface area contributed by atoms with Crippen molar-refractivity contribution in [1.29, 1.82) is 0 Å². The summed E-state index contributed by atoms with van der Waals surface area (Å²) in [7, 11) is 0. The number of ether oxygens (including phenoxy) is 1. The van der Waals surface area contributed by atoms with Crippen LogP contribution in [0.2, 0.25) is 0 Å². The minimum atomic E-state index is -0.730. The summed E-state index contributed by atoms with van der Waals surface area (Å²) in [5.74, 6) is 0.0503. The monoisotopic (exact) mass is 374 g/mol. The Labute approximate surface area is 156 Å². The van der Waals surface area contributed by atoms with Gasteiger partial charge in [-0.15, -0.1) is 10.2 Å². The molecular formula is C18H23FN6O2. The first-order valence-electron chi connectivity index (χ1n) is 9.28. The van der Waals surface area contributed by atoms with Crippen LogP contribution in [0.3, 0.4) is 0 Å². The number of aromatic nitrogens is 4. The van der Waals surface area contributed by atoms with Crippen molar-refractivity contribution in [2.75, 3.05) is 13.1 Å². The molecule has 1 aliphatic heterocycles. The summed E-state index contributed by atoms with van der Waals surface area (Å²) >= 11 is 0. The van der Waals surface area contributed by atoms with Gasteiger partial charge in [0.05, 0.1) is 6.04 Å². The van der Waals surface area contributed by atoms with Gasteiger partial charge in [-0.25, -0.2) is 9.18 Å². The molecule has 0 radical (unpaired) electrons. The molecule has 27 heavy (non-hydrogen) atoms. The minimum Gasteiger partial charge on any atom is -0.445 e. The fraction of sp³-hybridized carbons (Fsp3) is 0.556. The number of rotatable bonds is 4. The minimum absolute atomic E-state index is 0.0647. The molecule has 1 saturated carbocycles. The first kappa shape index (κ1) is 17.8. The maximum absolute atomic E-state index is 13.3. The van der Waals surface area contributed by atoms with E-state index in [9.17, 15) is 9.18 Å². The molecule has 4 rings (SSSR count). The van der Waals surface area contributed by atoms with E-state index in [4.69, 9.17) is 10.5 Å². The highest BCUT2D eigenvalue weighted by atomic mass is 19.1. The second-order valence-corrected chi connectivity index (χ2v) is 7.31. The Kier molecular flexibility index (Phi) is 5.02. The lowest BCUT2D eigenvalue weighted by Crippen LogP contribution is -2.48. The van der Waals surface area contributed by atoms with E-state index < -0.39 is 6.09 Å². The van der Waals surface area contributed by atoms with Crippen molar-refractivity contribution >= 4 is 6.09 Å².